The van der Waals surface area contributed by atoms with Gasteiger partial charge in [0.15, 0.2) is 5.82 Å². The van der Waals surface area contributed by atoms with Gasteiger partial charge in [0.1, 0.15) is 5.69 Å². The number of halogens is 4. The lowest BCUT2D eigenvalue weighted by atomic mass is 10.4. The maximum Gasteiger partial charge on any atom is 0.433 e. The summed E-state index contributed by atoms with van der Waals surface area (Å²) in [5.41, 5.74) is -0.873. The van der Waals surface area contributed by atoms with Crippen molar-refractivity contribution in [2.75, 3.05) is 0 Å². The minimum atomic E-state index is -4.46. The molecule has 0 atom stereocenters. The maximum atomic E-state index is 12.5. The summed E-state index contributed by atoms with van der Waals surface area (Å²) in [5.74, 6) is 0.0710. The van der Waals surface area contributed by atoms with Crippen LogP contribution in [0.1, 0.15) is 5.69 Å². The molecule has 84 valence electrons. The van der Waals surface area contributed by atoms with E-state index in [1.54, 1.807) is 0 Å². The molecular weight excluding hydrogens is 243 g/mol. The fourth-order valence-corrected chi connectivity index (χ4v) is 1.31. The van der Waals surface area contributed by atoms with Crippen LogP contribution in [0.15, 0.2) is 30.6 Å². The van der Waals surface area contributed by atoms with Crippen LogP contribution in [-0.4, -0.2) is 14.8 Å². The second kappa shape index (κ2) is 3.79. The molecule has 2 aromatic heterocycles. The molecule has 7 heteroatoms. The van der Waals surface area contributed by atoms with E-state index in [0.717, 1.165) is 16.9 Å². The molecule has 0 amide bonds. The lowest BCUT2D eigenvalue weighted by Gasteiger charge is -2.09. The molecule has 0 aromatic carbocycles. The molecule has 2 rings (SSSR count). The van der Waals surface area contributed by atoms with E-state index >= 15 is 0 Å². The highest BCUT2D eigenvalue weighted by atomic mass is 35.5. The van der Waals surface area contributed by atoms with E-state index in [1.807, 2.05) is 0 Å². The molecule has 0 fully saturated rings. The average molecular weight is 248 g/mol. The van der Waals surface area contributed by atoms with Crippen molar-refractivity contribution in [3.8, 4) is 5.82 Å². The largest absolute Gasteiger partial charge is 0.433 e. The number of alkyl halides is 3. The van der Waals surface area contributed by atoms with E-state index in [0.29, 0.717) is 5.02 Å². The Balaban J connectivity index is 2.49. The van der Waals surface area contributed by atoms with Crippen LogP contribution in [0.4, 0.5) is 13.2 Å². The highest BCUT2D eigenvalue weighted by molar-refractivity contribution is 6.30. The van der Waals surface area contributed by atoms with Gasteiger partial charge in [0.2, 0.25) is 0 Å². The molecule has 0 N–H and O–H groups in total. The summed E-state index contributed by atoms with van der Waals surface area (Å²) in [6.07, 6.45) is -2.13. The summed E-state index contributed by atoms with van der Waals surface area (Å²) < 4.78 is 38.3. The van der Waals surface area contributed by atoms with Crippen LogP contribution < -0.4 is 0 Å². The van der Waals surface area contributed by atoms with Gasteiger partial charge in [-0.05, 0) is 18.2 Å². The molecule has 0 bridgehead atoms. The first-order chi connectivity index (χ1) is 7.48. The zero-order valence-corrected chi connectivity index (χ0v) is 8.50. The number of aromatic nitrogens is 3. The second-order valence-corrected chi connectivity index (χ2v) is 3.40. The Morgan fingerprint density at radius 2 is 1.94 bits per heavy atom. The third kappa shape index (κ3) is 2.01. The molecule has 3 nitrogen and oxygen atoms in total. The topological polar surface area (TPSA) is 30.7 Å². The van der Waals surface area contributed by atoms with Gasteiger partial charge in [0, 0.05) is 6.20 Å². The normalized spacial score (nSPS) is 11.8. The van der Waals surface area contributed by atoms with Crippen molar-refractivity contribution >= 4 is 11.6 Å². The fraction of sp³-hybridized carbons (Fsp3) is 0.111. The monoisotopic (exact) mass is 247 g/mol. The van der Waals surface area contributed by atoms with Gasteiger partial charge in [0.25, 0.3) is 0 Å². The number of pyridine rings is 1. The highest BCUT2D eigenvalue weighted by Crippen LogP contribution is 2.30. The number of hydrogen-bond donors (Lipinski definition) is 0. The molecule has 0 aliphatic carbocycles. The van der Waals surface area contributed by atoms with Crippen LogP contribution in [0.3, 0.4) is 0 Å². The summed E-state index contributed by atoms with van der Waals surface area (Å²) in [5, 5.41) is 3.93. The van der Waals surface area contributed by atoms with Gasteiger partial charge in [-0.3, -0.25) is 0 Å². The SMILES string of the molecule is FC(F)(F)c1ccnn1-c1ccc(Cl)cn1. The molecule has 2 heterocycles. The van der Waals surface area contributed by atoms with Crippen molar-refractivity contribution in [2.45, 2.75) is 6.18 Å². The first-order valence-electron chi connectivity index (χ1n) is 4.21. The molecule has 0 aliphatic heterocycles. The molecule has 0 aliphatic rings. The summed E-state index contributed by atoms with van der Waals surface area (Å²) in [6, 6.07) is 3.70. The zero-order valence-electron chi connectivity index (χ0n) is 7.74. The van der Waals surface area contributed by atoms with Crippen molar-refractivity contribution in [2.24, 2.45) is 0 Å². The lowest BCUT2D eigenvalue weighted by Crippen LogP contribution is -2.13. The van der Waals surface area contributed by atoms with Gasteiger partial charge in [-0.15, -0.1) is 0 Å². The predicted octanol–water partition coefficient (Wildman–Crippen LogP) is 2.94. The molecule has 0 saturated heterocycles. The average Bonchev–Trinajstić information content (AvgIpc) is 2.66. The van der Waals surface area contributed by atoms with Crippen LogP contribution in [0.5, 0.6) is 0 Å². The van der Waals surface area contributed by atoms with Crippen molar-refractivity contribution < 1.29 is 13.2 Å². The van der Waals surface area contributed by atoms with E-state index in [9.17, 15) is 13.2 Å². The molecule has 0 spiro atoms. The van der Waals surface area contributed by atoms with E-state index in [4.69, 9.17) is 11.6 Å². The summed E-state index contributed by atoms with van der Waals surface area (Å²) in [6.45, 7) is 0. The van der Waals surface area contributed by atoms with Crippen molar-refractivity contribution in [1.29, 1.82) is 0 Å². The number of nitrogens with zero attached hydrogens (tertiary/aromatic N) is 3. The van der Waals surface area contributed by atoms with Crippen molar-refractivity contribution in [1.82, 2.24) is 14.8 Å². The minimum Gasteiger partial charge on any atom is -0.236 e. The lowest BCUT2D eigenvalue weighted by molar-refractivity contribution is -0.142. The highest BCUT2D eigenvalue weighted by Gasteiger charge is 2.35. The molecule has 16 heavy (non-hydrogen) atoms. The van der Waals surface area contributed by atoms with Crippen molar-refractivity contribution in [3.05, 3.63) is 41.3 Å². The Bertz CT molecular complexity index is 489. The quantitative estimate of drug-likeness (QED) is 0.776. The first kappa shape index (κ1) is 10.9. The Labute approximate surface area is 93.5 Å². The summed E-state index contributed by atoms with van der Waals surface area (Å²) in [7, 11) is 0. The van der Waals surface area contributed by atoms with Crippen LogP contribution >= 0.6 is 11.6 Å². The van der Waals surface area contributed by atoms with E-state index < -0.39 is 11.9 Å². The van der Waals surface area contributed by atoms with Gasteiger partial charge in [-0.1, -0.05) is 11.6 Å². The van der Waals surface area contributed by atoms with Crippen LogP contribution in [0.25, 0.3) is 5.82 Å². The van der Waals surface area contributed by atoms with Gasteiger partial charge < -0.3 is 0 Å². The van der Waals surface area contributed by atoms with E-state index in [-0.39, 0.29) is 5.82 Å². The maximum absolute atomic E-state index is 12.5. The Hall–Kier alpha value is -1.56. The number of rotatable bonds is 1. The van der Waals surface area contributed by atoms with Gasteiger partial charge in [-0.25, -0.2) is 9.67 Å². The van der Waals surface area contributed by atoms with Gasteiger partial charge in [-0.2, -0.15) is 18.3 Å². The van der Waals surface area contributed by atoms with Crippen LogP contribution in [-0.2, 0) is 6.18 Å². The Morgan fingerprint density at radius 1 is 1.19 bits per heavy atom. The van der Waals surface area contributed by atoms with Crippen LogP contribution in [0, 0.1) is 0 Å². The van der Waals surface area contributed by atoms with E-state index in [2.05, 4.69) is 10.1 Å². The van der Waals surface area contributed by atoms with Gasteiger partial charge in [0.05, 0.1) is 11.2 Å². The third-order valence-corrected chi connectivity index (χ3v) is 2.09. The molecule has 0 saturated carbocycles. The second-order valence-electron chi connectivity index (χ2n) is 2.96. The summed E-state index contributed by atoms with van der Waals surface area (Å²) in [4.78, 5) is 3.76. The number of hydrogen-bond acceptors (Lipinski definition) is 2. The predicted molar refractivity (Wildman–Crippen MR) is 51.4 cm³/mol. The Kier molecular flexibility index (Phi) is 2.59. The molecule has 0 radical (unpaired) electrons. The third-order valence-electron chi connectivity index (χ3n) is 1.86. The fourth-order valence-electron chi connectivity index (χ4n) is 1.19. The summed E-state index contributed by atoms with van der Waals surface area (Å²) >= 11 is 5.59. The zero-order chi connectivity index (χ0) is 11.8. The molecular formula is C9H5ClF3N3. The van der Waals surface area contributed by atoms with Crippen LogP contribution in [0.2, 0.25) is 5.02 Å². The van der Waals surface area contributed by atoms with Gasteiger partial charge >= 0.3 is 6.18 Å². The molecule has 2 aromatic rings. The first-order valence-corrected chi connectivity index (χ1v) is 4.59. The molecule has 0 unspecified atom stereocenters. The Morgan fingerprint density at radius 3 is 2.50 bits per heavy atom. The minimum absolute atomic E-state index is 0.0710. The standard InChI is InChI=1S/C9H5ClF3N3/c10-6-1-2-8(14-5-6)16-7(3-4-15-16)9(11,12)13/h1-5H. The van der Waals surface area contributed by atoms with E-state index in [1.165, 1.54) is 18.3 Å². The smallest absolute Gasteiger partial charge is 0.236 e. The van der Waals surface area contributed by atoms with Crippen molar-refractivity contribution in [3.63, 3.8) is 0 Å².